The first-order chi connectivity index (χ1) is 16.2. The van der Waals surface area contributed by atoms with Gasteiger partial charge in [-0.2, -0.15) is 4.52 Å². The lowest BCUT2D eigenvalue weighted by molar-refractivity contribution is -0.136. The molecule has 5 heterocycles. The number of ether oxygens (including phenoxy) is 1. The molecule has 2 aromatic rings. The second-order valence-corrected chi connectivity index (χ2v) is 10.2. The third kappa shape index (κ3) is 3.82. The van der Waals surface area contributed by atoms with Gasteiger partial charge in [0.15, 0.2) is 11.5 Å². The van der Waals surface area contributed by atoms with Crippen LogP contribution in [0.4, 0.5) is 0 Å². The van der Waals surface area contributed by atoms with Crippen molar-refractivity contribution in [2.45, 2.75) is 69.9 Å². The summed E-state index contributed by atoms with van der Waals surface area (Å²) >= 11 is 0. The molecule has 0 aromatic carbocycles. The molecule has 4 aliphatic rings. The molecule has 2 bridgehead atoms. The second kappa shape index (κ2) is 8.70. The van der Waals surface area contributed by atoms with Crippen LogP contribution in [0.15, 0.2) is 23.8 Å². The molecule has 4 atom stereocenters. The maximum Gasteiger partial charge on any atom is 0.231 e. The van der Waals surface area contributed by atoms with Crippen LogP contribution >= 0.6 is 0 Å². The van der Waals surface area contributed by atoms with Crippen molar-refractivity contribution >= 4 is 11.6 Å². The lowest BCUT2D eigenvalue weighted by Gasteiger charge is -2.54. The van der Waals surface area contributed by atoms with Crippen molar-refractivity contribution in [3.05, 3.63) is 29.6 Å². The Morgan fingerprint density at radius 2 is 2.12 bits per heavy atom. The predicted molar refractivity (Wildman–Crippen MR) is 124 cm³/mol. The zero-order chi connectivity index (χ0) is 22.4. The Morgan fingerprint density at radius 3 is 3.03 bits per heavy atom. The van der Waals surface area contributed by atoms with E-state index in [1.807, 2.05) is 6.07 Å². The zero-order valence-corrected chi connectivity index (χ0v) is 19.5. The van der Waals surface area contributed by atoms with Crippen molar-refractivity contribution in [3.8, 4) is 5.88 Å². The Kier molecular flexibility index (Phi) is 5.56. The van der Waals surface area contributed by atoms with Gasteiger partial charge in [-0.25, -0.2) is 0 Å². The molecule has 2 aromatic heterocycles. The van der Waals surface area contributed by atoms with Crippen molar-refractivity contribution in [2.75, 3.05) is 26.7 Å². The summed E-state index contributed by atoms with van der Waals surface area (Å²) in [5.74, 6) is 2.91. The summed E-state index contributed by atoms with van der Waals surface area (Å²) in [6.45, 7) is 3.32. The van der Waals surface area contributed by atoms with Gasteiger partial charge < -0.3 is 9.64 Å². The van der Waals surface area contributed by atoms with Crippen LogP contribution in [0, 0.1) is 11.8 Å². The van der Waals surface area contributed by atoms with Crippen molar-refractivity contribution in [1.82, 2.24) is 29.6 Å². The number of hydrogen-bond acceptors (Lipinski definition) is 6. The first kappa shape index (κ1) is 21.1. The molecule has 8 nitrogen and oxygen atoms in total. The van der Waals surface area contributed by atoms with E-state index in [1.165, 1.54) is 45.2 Å². The van der Waals surface area contributed by atoms with Gasteiger partial charge >= 0.3 is 0 Å². The molecule has 1 amide bonds. The summed E-state index contributed by atoms with van der Waals surface area (Å²) < 4.78 is 6.95. The van der Waals surface area contributed by atoms with Crippen LogP contribution in [-0.2, 0) is 11.2 Å². The zero-order valence-electron chi connectivity index (χ0n) is 19.5. The molecule has 33 heavy (non-hydrogen) atoms. The fraction of sp³-hybridized carbons (Fsp3) is 0.680. The molecule has 176 valence electrons. The fourth-order valence-electron chi connectivity index (χ4n) is 6.88. The van der Waals surface area contributed by atoms with Gasteiger partial charge in [0.2, 0.25) is 11.8 Å². The van der Waals surface area contributed by atoms with Crippen LogP contribution in [0.5, 0.6) is 5.88 Å². The summed E-state index contributed by atoms with van der Waals surface area (Å²) in [6.07, 6.45) is 12.2. The molecule has 8 heteroatoms. The molecule has 0 saturated carbocycles. The normalized spacial score (nSPS) is 29.4. The van der Waals surface area contributed by atoms with Gasteiger partial charge in [0.05, 0.1) is 13.2 Å². The minimum absolute atomic E-state index is 0.296. The SMILES string of the molecule is COc1ccc2nnc(CCCC(=O)N3CCCC4=C[C@H]5CC(CN6CCCCC56)C43)n2n1. The number of methoxy groups -OCH3 is 1. The standard InChI is InChI=1S/C25H34N6O2/c1-33-23-11-10-22-27-26-21(31(22)28-23)8-4-9-24(32)30-13-5-6-17-14-18-15-19(25(17)30)16-29-12-3-2-7-20(18)29/h10-11,14,18-20,25H,2-9,12-13,15-16H2,1H3/t18-,19?,20?,25?/m0/s1. The van der Waals surface area contributed by atoms with Crippen LogP contribution < -0.4 is 4.74 Å². The first-order valence-corrected chi connectivity index (χ1v) is 12.7. The smallest absolute Gasteiger partial charge is 0.231 e. The Bertz CT molecular complexity index is 1060. The summed E-state index contributed by atoms with van der Waals surface area (Å²) in [6, 6.07) is 4.71. The van der Waals surface area contributed by atoms with E-state index in [-0.39, 0.29) is 0 Å². The number of piperidine rings is 3. The summed E-state index contributed by atoms with van der Waals surface area (Å²) in [5.41, 5.74) is 2.26. The maximum atomic E-state index is 13.4. The molecule has 1 aliphatic carbocycles. The molecule has 3 fully saturated rings. The van der Waals surface area contributed by atoms with E-state index in [9.17, 15) is 4.79 Å². The number of fused-ring (bicyclic) bond motifs is 7. The Labute approximate surface area is 195 Å². The lowest BCUT2D eigenvalue weighted by atomic mass is 9.68. The number of amides is 1. The number of carbonyl (C=O) groups excluding carboxylic acids is 1. The molecule has 6 rings (SSSR count). The van der Waals surface area contributed by atoms with E-state index in [0.717, 1.165) is 31.3 Å². The van der Waals surface area contributed by atoms with Crippen LogP contribution in [0.3, 0.4) is 0 Å². The highest BCUT2D eigenvalue weighted by molar-refractivity contribution is 5.77. The minimum Gasteiger partial charge on any atom is -0.480 e. The highest BCUT2D eigenvalue weighted by Gasteiger charge is 2.46. The highest BCUT2D eigenvalue weighted by atomic mass is 16.5. The number of aromatic nitrogens is 4. The summed E-state index contributed by atoms with van der Waals surface area (Å²) in [4.78, 5) is 18.4. The van der Waals surface area contributed by atoms with Crippen LogP contribution in [-0.4, -0.2) is 74.3 Å². The molecule has 0 spiro atoms. The molecular weight excluding hydrogens is 416 g/mol. The van der Waals surface area contributed by atoms with Gasteiger partial charge in [0, 0.05) is 38.0 Å². The van der Waals surface area contributed by atoms with E-state index >= 15 is 0 Å². The topological polar surface area (TPSA) is 75.9 Å². The van der Waals surface area contributed by atoms with E-state index in [2.05, 4.69) is 31.2 Å². The molecule has 3 aliphatic heterocycles. The van der Waals surface area contributed by atoms with Gasteiger partial charge in [-0.3, -0.25) is 9.69 Å². The highest BCUT2D eigenvalue weighted by Crippen LogP contribution is 2.45. The molecule has 0 N–H and O–H groups in total. The van der Waals surface area contributed by atoms with Crippen molar-refractivity contribution in [2.24, 2.45) is 11.8 Å². The quantitative estimate of drug-likeness (QED) is 0.652. The van der Waals surface area contributed by atoms with Gasteiger partial charge in [-0.05, 0) is 63.0 Å². The van der Waals surface area contributed by atoms with Crippen molar-refractivity contribution in [3.63, 3.8) is 0 Å². The number of aryl methyl sites for hydroxylation is 1. The van der Waals surface area contributed by atoms with E-state index in [1.54, 1.807) is 23.3 Å². The number of carbonyl (C=O) groups is 1. The molecule has 3 unspecified atom stereocenters. The number of rotatable bonds is 5. The summed E-state index contributed by atoms with van der Waals surface area (Å²) in [7, 11) is 1.60. The summed E-state index contributed by atoms with van der Waals surface area (Å²) in [5, 5.41) is 12.9. The Balaban J connectivity index is 1.13. The fourth-order valence-corrected chi connectivity index (χ4v) is 6.88. The van der Waals surface area contributed by atoms with Crippen molar-refractivity contribution in [1.29, 1.82) is 0 Å². The van der Waals surface area contributed by atoms with Gasteiger partial charge in [-0.1, -0.05) is 18.1 Å². The Morgan fingerprint density at radius 1 is 1.18 bits per heavy atom. The molecule has 0 radical (unpaired) electrons. The van der Waals surface area contributed by atoms with Crippen LogP contribution in [0.25, 0.3) is 5.65 Å². The minimum atomic E-state index is 0.296. The van der Waals surface area contributed by atoms with Gasteiger partial charge in [-0.15, -0.1) is 15.3 Å². The van der Waals surface area contributed by atoms with E-state index in [0.29, 0.717) is 48.2 Å². The number of likely N-dealkylation sites (tertiary alicyclic amines) is 1. The number of hydrogen-bond donors (Lipinski definition) is 0. The van der Waals surface area contributed by atoms with Crippen LogP contribution in [0.2, 0.25) is 0 Å². The monoisotopic (exact) mass is 450 g/mol. The van der Waals surface area contributed by atoms with Crippen molar-refractivity contribution < 1.29 is 9.53 Å². The molecule has 3 saturated heterocycles. The van der Waals surface area contributed by atoms with Gasteiger partial charge in [0.1, 0.15) is 0 Å². The molecular formula is C25H34N6O2. The van der Waals surface area contributed by atoms with E-state index in [4.69, 9.17) is 4.74 Å². The Hall–Kier alpha value is -2.48. The average Bonchev–Trinajstić information content (AvgIpc) is 3.25. The second-order valence-electron chi connectivity index (χ2n) is 10.2. The third-order valence-corrected chi connectivity index (χ3v) is 8.28. The predicted octanol–water partition coefficient (Wildman–Crippen LogP) is 2.88. The maximum absolute atomic E-state index is 13.4. The van der Waals surface area contributed by atoms with Crippen LogP contribution in [0.1, 0.15) is 57.2 Å². The largest absolute Gasteiger partial charge is 0.480 e. The lowest BCUT2D eigenvalue weighted by Crippen LogP contribution is -2.60. The van der Waals surface area contributed by atoms with Gasteiger partial charge in [0.25, 0.3) is 0 Å². The first-order valence-electron chi connectivity index (χ1n) is 12.7. The number of nitrogens with zero attached hydrogens (tertiary/aromatic N) is 6. The van der Waals surface area contributed by atoms with E-state index < -0.39 is 0 Å². The average molecular weight is 451 g/mol. The third-order valence-electron chi connectivity index (χ3n) is 8.28.